The minimum atomic E-state index is -4.42. The molecule has 3 nitrogen and oxygen atoms in total. The summed E-state index contributed by atoms with van der Waals surface area (Å²) in [5.41, 5.74) is 5.24. The largest absolute Gasteiger partial charge is 0.416 e. The van der Waals surface area contributed by atoms with Crippen LogP contribution in [-0.4, -0.2) is 25.8 Å². The van der Waals surface area contributed by atoms with Crippen LogP contribution in [0.4, 0.5) is 18.9 Å². The molecule has 20 heavy (non-hydrogen) atoms. The first-order valence-electron chi connectivity index (χ1n) is 6.32. The standard InChI is InChI=1S/C13H16ClF3N2O/c14-10-3-9(13(15,16)17)4-11(5-10)19-12(6-18)8-1-2-20-7-8/h3-5,8,12,19H,1-2,6-7,18H2. The molecule has 0 amide bonds. The lowest BCUT2D eigenvalue weighted by Gasteiger charge is -2.24. The van der Waals surface area contributed by atoms with Gasteiger partial charge in [0.05, 0.1) is 12.2 Å². The van der Waals surface area contributed by atoms with Crippen LogP contribution in [0.15, 0.2) is 18.2 Å². The fourth-order valence-corrected chi connectivity index (χ4v) is 2.53. The summed E-state index contributed by atoms with van der Waals surface area (Å²) in [4.78, 5) is 0. The summed E-state index contributed by atoms with van der Waals surface area (Å²) >= 11 is 5.75. The van der Waals surface area contributed by atoms with E-state index < -0.39 is 11.7 Å². The van der Waals surface area contributed by atoms with E-state index in [2.05, 4.69) is 5.32 Å². The Bertz CT molecular complexity index is 461. The molecule has 0 radical (unpaired) electrons. The molecule has 1 fully saturated rings. The van der Waals surface area contributed by atoms with Crippen molar-refractivity contribution in [3.8, 4) is 0 Å². The number of rotatable bonds is 4. The Morgan fingerprint density at radius 1 is 1.40 bits per heavy atom. The maximum absolute atomic E-state index is 12.7. The lowest BCUT2D eigenvalue weighted by molar-refractivity contribution is -0.137. The number of nitrogens with two attached hydrogens (primary N) is 1. The van der Waals surface area contributed by atoms with E-state index in [0.717, 1.165) is 18.6 Å². The highest BCUT2D eigenvalue weighted by Crippen LogP contribution is 2.33. The minimum absolute atomic E-state index is 0.0424. The number of hydrogen-bond acceptors (Lipinski definition) is 3. The first-order valence-corrected chi connectivity index (χ1v) is 6.70. The summed E-state index contributed by atoms with van der Waals surface area (Å²) < 4.78 is 43.5. The second-order valence-corrected chi connectivity index (χ2v) is 5.27. The molecule has 112 valence electrons. The van der Waals surface area contributed by atoms with E-state index in [1.165, 1.54) is 6.07 Å². The van der Waals surface area contributed by atoms with E-state index >= 15 is 0 Å². The zero-order chi connectivity index (χ0) is 14.8. The molecule has 1 aliphatic rings. The first kappa shape index (κ1) is 15.4. The van der Waals surface area contributed by atoms with Crippen LogP contribution in [-0.2, 0) is 10.9 Å². The molecule has 3 N–H and O–H groups in total. The Morgan fingerprint density at radius 2 is 2.15 bits per heavy atom. The second-order valence-electron chi connectivity index (χ2n) is 4.84. The van der Waals surface area contributed by atoms with E-state index in [1.807, 2.05) is 0 Å². The van der Waals surface area contributed by atoms with E-state index in [-0.39, 0.29) is 17.0 Å². The highest BCUT2D eigenvalue weighted by atomic mass is 35.5. The predicted octanol–water partition coefficient (Wildman–Crippen LogP) is 3.13. The Morgan fingerprint density at radius 3 is 2.70 bits per heavy atom. The van der Waals surface area contributed by atoms with Crippen molar-refractivity contribution in [3.63, 3.8) is 0 Å². The van der Waals surface area contributed by atoms with Gasteiger partial charge in [-0.2, -0.15) is 13.2 Å². The van der Waals surface area contributed by atoms with Crippen molar-refractivity contribution in [2.75, 3.05) is 25.1 Å². The number of ether oxygens (including phenoxy) is 1. The van der Waals surface area contributed by atoms with E-state index in [1.54, 1.807) is 0 Å². The second kappa shape index (κ2) is 6.20. The van der Waals surface area contributed by atoms with Crippen LogP contribution in [0, 0.1) is 5.92 Å². The molecule has 2 unspecified atom stereocenters. The third-order valence-corrected chi connectivity index (χ3v) is 3.58. The fourth-order valence-electron chi connectivity index (χ4n) is 2.29. The van der Waals surface area contributed by atoms with Crippen LogP contribution in [0.2, 0.25) is 5.02 Å². The Balaban J connectivity index is 2.17. The van der Waals surface area contributed by atoms with Gasteiger partial charge in [-0.25, -0.2) is 0 Å². The van der Waals surface area contributed by atoms with Crippen molar-refractivity contribution in [1.29, 1.82) is 0 Å². The smallest absolute Gasteiger partial charge is 0.381 e. The minimum Gasteiger partial charge on any atom is -0.381 e. The maximum Gasteiger partial charge on any atom is 0.416 e. The molecule has 1 aromatic rings. The van der Waals surface area contributed by atoms with Crippen molar-refractivity contribution in [2.24, 2.45) is 11.7 Å². The zero-order valence-corrected chi connectivity index (χ0v) is 11.5. The molecule has 0 aliphatic carbocycles. The SMILES string of the molecule is NCC(Nc1cc(Cl)cc(C(F)(F)F)c1)C1CCOC1. The summed E-state index contributed by atoms with van der Waals surface area (Å²) in [5.74, 6) is 0.202. The van der Waals surface area contributed by atoms with E-state index in [0.29, 0.717) is 25.4 Å². The van der Waals surface area contributed by atoms with Gasteiger partial charge in [0, 0.05) is 35.8 Å². The average Bonchev–Trinajstić information content (AvgIpc) is 2.88. The number of nitrogens with one attached hydrogen (secondary N) is 1. The van der Waals surface area contributed by atoms with Crippen molar-refractivity contribution < 1.29 is 17.9 Å². The van der Waals surface area contributed by atoms with Crippen molar-refractivity contribution >= 4 is 17.3 Å². The van der Waals surface area contributed by atoms with Crippen LogP contribution in [0.5, 0.6) is 0 Å². The van der Waals surface area contributed by atoms with E-state index in [9.17, 15) is 13.2 Å². The van der Waals surface area contributed by atoms with Crippen LogP contribution < -0.4 is 11.1 Å². The maximum atomic E-state index is 12.7. The van der Waals surface area contributed by atoms with Gasteiger partial charge in [-0.05, 0) is 24.6 Å². The van der Waals surface area contributed by atoms with Gasteiger partial charge in [0.2, 0.25) is 0 Å². The fraction of sp³-hybridized carbons (Fsp3) is 0.538. The average molecular weight is 309 g/mol. The molecule has 0 bridgehead atoms. The Hall–Kier alpha value is -0.980. The summed E-state index contributed by atoms with van der Waals surface area (Å²) in [6, 6.07) is 3.29. The normalized spacial score (nSPS) is 20.9. The topological polar surface area (TPSA) is 47.3 Å². The van der Waals surface area contributed by atoms with Gasteiger partial charge in [-0.3, -0.25) is 0 Å². The van der Waals surface area contributed by atoms with Crippen LogP contribution in [0.3, 0.4) is 0 Å². The Labute approximate surface area is 120 Å². The first-order chi connectivity index (χ1) is 9.40. The van der Waals surface area contributed by atoms with Gasteiger partial charge in [0.25, 0.3) is 0 Å². The number of hydrogen-bond donors (Lipinski definition) is 2. The Kier molecular flexibility index (Phi) is 4.78. The molecular formula is C13H16ClF3N2O. The summed E-state index contributed by atoms with van der Waals surface area (Å²) in [7, 11) is 0. The molecule has 1 heterocycles. The van der Waals surface area contributed by atoms with E-state index in [4.69, 9.17) is 22.1 Å². The quantitative estimate of drug-likeness (QED) is 0.898. The number of alkyl halides is 3. The highest BCUT2D eigenvalue weighted by Gasteiger charge is 2.32. The molecular weight excluding hydrogens is 293 g/mol. The van der Waals surface area contributed by atoms with Crippen LogP contribution >= 0.6 is 11.6 Å². The number of anilines is 1. The predicted molar refractivity (Wildman–Crippen MR) is 71.8 cm³/mol. The zero-order valence-electron chi connectivity index (χ0n) is 10.7. The molecule has 7 heteroatoms. The summed E-state index contributed by atoms with van der Waals surface area (Å²) in [6.45, 7) is 1.55. The summed E-state index contributed by atoms with van der Waals surface area (Å²) in [6.07, 6.45) is -3.57. The van der Waals surface area contributed by atoms with Gasteiger partial charge in [-0.15, -0.1) is 0 Å². The number of halogens is 4. The van der Waals surface area contributed by atoms with Gasteiger partial charge >= 0.3 is 6.18 Å². The van der Waals surface area contributed by atoms with Crippen molar-refractivity contribution in [3.05, 3.63) is 28.8 Å². The molecule has 1 saturated heterocycles. The molecule has 2 rings (SSSR count). The molecule has 0 aromatic heterocycles. The van der Waals surface area contributed by atoms with Gasteiger partial charge < -0.3 is 15.8 Å². The summed E-state index contributed by atoms with van der Waals surface area (Å²) in [5, 5.41) is 3.08. The molecule has 0 saturated carbocycles. The molecule has 2 atom stereocenters. The lowest BCUT2D eigenvalue weighted by Crippen LogP contribution is -2.36. The van der Waals surface area contributed by atoms with Gasteiger partial charge in [-0.1, -0.05) is 11.6 Å². The van der Waals surface area contributed by atoms with Gasteiger partial charge in [0.1, 0.15) is 0 Å². The lowest BCUT2D eigenvalue weighted by atomic mass is 9.98. The monoisotopic (exact) mass is 308 g/mol. The molecule has 1 aliphatic heterocycles. The van der Waals surface area contributed by atoms with Crippen LogP contribution in [0.1, 0.15) is 12.0 Å². The van der Waals surface area contributed by atoms with Gasteiger partial charge in [0.15, 0.2) is 0 Å². The van der Waals surface area contributed by atoms with Crippen LogP contribution in [0.25, 0.3) is 0 Å². The van der Waals surface area contributed by atoms with Crippen molar-refractivity contribution in [2.45, 2.75) is 18.6 Å². The highest BCUT2D eigenvalue weighted by molar-refractivity contribution is 6.30. The third-order valence-electron chi connectivity index (χ3n) is 3.37. The number of benzene rings is 1. The molecule has 0 spiro atoms. The third kappa shape index (κ3) is 3.77. The molecule has 1 aromatic carbocycles. The van der Waals surface area contributed by atoms with Crippen molar-refractivity contribution in [1.82, 2.24) is 0 Å².